The monoisotopic (exact) mass is 332 g/mol. The lowest BCUT2D eigenvalue weighted by Gasteiger charge is -2.11. The third-order valence-electron chi connectivity index (χ3n) is 3.47. The second-order valence-electron chi connectivity index (χ2n) is 6.11. The average Bonchev–Trinajstić information content (AvgIpc) is 2.92. The number of carbonyl (C=O) groups is 1. The first-order valence-corrected chi connectivity index (χ1v) is 8.72. The number of hydrazone groups is 1. The topological polar surface area (TPSA) is 66.4 Å². The number of aromatic nitrogens is 1. The highest BCUT2D eigenvalue weighted by Crippen LogP contribution is 2.25. The molecule has 0 bridgehead atoms. The summed E-state index contributed by atoms with van der Waals surface area (Å²) in [4.78, 5) is 16.6. The molecule has 0 saturated carbocycles. The molecule has 1 aromatic carbocycles. The molecule has 2 rings (SSSR count). The number of thiazole rings is 1. The Bertz CT molecular complexity index is 660. The van der Waals surface area contributed by atoms with Gasteiger partial charge in [0, 0.05) is 5.71 Å². The Kier molecular flexibility index (Phi) is 6.10. The summed E-state index contributed by atoms with van der Waals surface area (Å²) >= 11 is 1.54. The maximum absolute atomic E-state index is 12.1. The zero-order chi connectivity index (χ0) is 16.8. The molecule has 0 aliphatic heterocycles. The second kappa shape index (κ2) is 8.06. The van der Waals surface area contributed by atoms with E-state index < -0.39 is 6.04 Å². The maximum Gasteiger partial charge on any atom is 0.262 e. The van der Waals surface area contributed by atoms with Crippen LogP contribution in [0.2, 0.25) is 0 Å². The Morgan fingerprint density at radius 2 is 2.04 bits per heavy atom. The molecule has 1 aromatic heterocycles. The zero-order valence-electron chi connectivity index (χ0n) is 14.1. The number of hydrogen-bond acceptors (Lipinski definition) is 5. The number of para-hydroxylation sites is 1. The van der Waals surface area contributed by atoms with Crippen LogP contribution in [0, 0.1) is 5.92 Å². The van der Waals surface area contributed by atoms with Crippen molar-refractivity contribution in [2.45, 2.75) is 46.6 Å². The first kappa shape index (κ1) is 17.4. The van der Waals surface area contributed by atoms with Crippen LogP contribution < -0.4 is 10.7 Å². The Morgan fingerprint density at radius 3 is 2.74 bits per heavy atom. The highest BCUT2D eigenvalue weighted by Gasteiger charge is 2.14. The largest absolute Gasteiger partial charge is 0.350 e. The summed E-state index contributed by atoms with van der Waals surface area (Å²) in [5.74, 6) is 0.476. The number of rotatable bonds is 7. The maximum atomic E-state index is 12.1. The molecule has 0 saturated heterocycles. The molecule has 124 valence electrons. The fourth-order valence-corrected chi connectivity index (χ4v) is 2.94. The molecule has 23 heavy (non-hydrogen) atoms. The summed E-state index contributed by atoms with van der Waals surface area (Å²) in [6.45, 7) is 8.10. The van der Waals surface area contributed by atoms with E-state index in [2.05, 4.69) is 34.7 Å². The molecule has 2 aromatic rings. The number of benzene rings is 1. The number of nitrogens with one attached hydrogen (secondary N) is 2. The molecule has 0 fully saturated rings. The number of nitrogens with zero attached hydrogens (tertiary/aromatic N) is 2. The molecule has 0 radical (unpaired) electrons. The van der Waals surface area contributed by atoms with Crippen molar-refractivity contribution in [1.29, 1.82) is 0 Å². The van der Waals surface area contributed by atoms with Gasteiger partial charge in [0.25, 0.3) is 5.91 Å². The lowest BCUT2D eigenvalue weighted by atomic mass is 10.1. The Morgan fingerprint density at radius 1 is 1.30 bits per heavy atom. The molecular formula is C17H24N4OS. The van der Waals surface area contributed by atoms with E-state index >= 15 is 0 Å². The minimum atomic E-state index is -0.391. The lowest BCUT2D eigenvalue weighted by Crippen LogP contribution is -2.35. The number of carbonyl (C=O) groups excluding carboxylic acids is 1. The number of hydrogen-bond donors (Lipinski definition) is 2. The van der Waals surface area contributed by atoms with Gasteiger partial charge < -0.3 is 5.32 Å². The van der Waals surface area contributed by atoms with Crippen LogP contribution in [0.3, 0.4) is 0 Å². The van der Waals surface area contributed by atoms with E-state index in [4.69, 9.17) is 0 Å². The van der Waals surface area contributed by atoms with E-state index in [1.807, 2.05) is 31.2 Å². The molecular weight excluding hydrogens is 308 g/mol. The van der Waals surface area contributed by atoms with Gasteiger partial charge in [-0.1, -0.05) is 37.3 Å². The molecule has 0 aliphatic carbocycles. The smallest absolute Gasteiger partial charge is 0.262 e. The number of fused-ring (bicyclic) bond motifs is 1. The molecule has 6 heteroatoms. The fourth-order valence-electron chi connectivity index (χ4n) is 1.99. The van der Waals surface area contributed by atoms with Gasteiger partial charge in [0.15, 0.2) is 5.13 Å². The van der Waals surface area contributed by atoms with Crippen LogP contribution >= 0.6 is 11.3 Å². The SMILES string of the molecule is C/C(CCC(C)C)=N/NC(=O)[C@H](C)Nc1nc2ccccc2s1. The van der Waals surface area contributed by atoms with E-state index in [0.717, 1.165) is 33.9 Å². The standard InChI is InChI=1S/C17H24N4OS/c1-11(2)9-10-12(3)20-21-16(22)13(4)18-17-19-14-7-5-6-8-15(14)23-17/h5-8,11,13H,9-10H2,1-4H3,(H,18,19)(H,21,22)/b20-12-/t13-/m0/s1. The molecule has 1 atom stereocenters. The summed E-state index contributed by atoms with van der Waals surface area (Å²) < 4.78 is 1.10. The van der Waals surface area contributed by atoms with Crippen molar-refractivity contribution in [3.8, 4) is 0 Å². The van der Waals surface area contributed by atoms with Crippen LogP contribution in [-0.2, 0) is 4.79 Å². The van der Waals surface area contributed by atoms with Crippen molar-refractivity contribution in [2.24, 2.45) is 11.0 Å². The molecule has 0 spiro atoms. The van der Waals surface area contributed by atoms with E-state index in [9.17, 15) is 4.79 Å². The zero-order valence-corrected chi connectivity index (χ0v) is 14.9. The van der Waals surface area contributed by atoms with E-state index in [1.165, 1.54) is 0 Å². The van der Waals surface area contributed by atoms with Gasteiger partial charge in [-0.05, 0) is 44.7 Å². The third kappa shape index (κ3) is 5.32. The van der Waals surface area contributed by atoms with Gasteiger partial charge in [-0.3, -0.25) is 4.79 Å². The first-order chi connectivity index (χ1) is 11.0. The first-order valence-electron chi connectivity index (χ1n) is 7.91. The van der Waals surface area contributed by atoms with Gasteiger partial charge in [-0.15, -0.1) is 0 Å². The van der Waals surface area contributed by atoms with Crippen LogP contribution in [0.4, 0.5) is 5.13 Å². The molecule has 1 heterocycles. The van der Waals surface area contributed by atoms with E-state index in [1.54, 1.807) is 18.3 Å². The van der Waals surface area contributed by atoms with Gasteiger partial charge in [0.1, 0.15) is 6.04 Å². The summed E-state index contributed by atoms with van der Waals surface area (Å²) in [7, 11) is 0. The quantitative estimate of drug-likeness (QED) is 0.594. The predicted octanol–water partition coefficient (Wildman–Crippen LogP) is 4.03. The Labute approximate surface area is 141 Å². The van der Waals surface area contributed by atoms with Gasteiger partial charge in [0.05, 0.1) is 10.2 Å². The van der Waals surface area contributed by atoms with Crippen LogP contribution in [0.15, 0.2) is 29.4 Å². The van der Waals surface area contributed by atoms with Crippen LogP contribution in [0.25, 0.3) is 10.2 Å². The molecule has 0 aliphatic rings. The Hall–Kier alpha value is -1.95. The van der Waals surface area contributed by atoms with Crippen molar-refractivity contribution in [1.82, 2.24) is 10.4 Å². The van der Waals surface area contributed by atoms with Gasteiger partial charge in [0.2, 0.25) is 0 Å². The highest BCUT2D eigenvalue weighted by molar-refractivity contribution is 7.22. The highest BCUT2D eigenvalue weighted by atomic mass is 32.1. The van der Waals surface area contributed by atoms with Crippen LogP contribution in [0.5, 0.6) is 0 Å². The number of amides is 1. The molecule has 0 unspecified atom stereocenters. The van der Waals surface area contributed by atoms with Gasteiger partial charge in [-0.25, -0.2) is 10.4 Å². The molecule has 2 N–H and O–H groups in total. The van der Waals surface area contributed by atoms with E-state index in [0.29, 0.717) is 5.92 Å². The Balaban J connectivity index is 1.88. The van der Waals surface area contributed by atoms with Crippen LogP contribution in [-0.4, -0.2) is 22.6 Å². The average molecular weight is 332 g/mol. The predicted molar refractivity (Wildman–Crippen MR) is 98.0 cm³/mol. The summed E-state index contributed by atoms with van der Waals surface area (Å²) in [6.07, 6.45) is 1.97. The van der Waals surface area contributed by atoms with Crippen molar-refractivity contribution >= 4 is 38.3 Å². The van der Waals surface area contributed by atoms with Gasteiger partial charge >= 0.3 is 0 Å². The van der Waals surface area contributed by atoms with Gasteiger partial charge in [-0.2, -0.15) is 5.10 Å². The van der Waals surface area contributed by atoms with Crippen molar-refractivity contribution < 1.29 is 4.79 Å². The normalized spacial score (nSPS) is 13.3. The third-order valence-corrected chi connectivity index (χ3v) is 4.44. The van der Waals surface area contributed by atoms with Crippen LogP contribution in [0.1, 0.15) is 40.5 Å². The van der Waals surface area contributed by atoms with Crippen molar-refractivity contribution in [2.75, 3.05) is 5.32 Å². The van der Waals surface area contributed by atoms with E-state index in [-0.39, 0.29) is 5.91 Å². The summed E-state index contributed by atoms with van der Waals surface area (Å²) in [6, 6.07) is 7.53. The molecule has 1 amide bonds. The number of anilines is 1. The minimum absolute atomic E-state index is 0.159. The second-order valence-corrected chi connectivity index (χ2v) is 7.14. The minimum Gasteiger partial charge on any atom is -0.350 e. The molecule has 5 nitrogen and oxygen atoms in total. The van der Waals surface area contributed by atoms with Crippen molar-refractivity contribution in [3.05, 3.63) is 24.3 Å². The lowest BCUT2D eigenvalue weighted by molar-refractivity contribution is -0.121. The fraction of sp³-hybridized carbons (Fsp3) is 0.471. The van der Waals surface area contributed by atoms with Crippen molar-refractivity contribution in [3.63, 3.8) is 0 Å². The summed E-state index contributed by atoms with van der Waals surface area (Å²) in [5, 5.41) is 8.04. The summed E-state index contributed by atoms with van der Waals surface area (Å²) in [5.41, 5.74) is 4.51.